The molecule has 0 saturated carbocycles. The third kappa shape index (κ3) is 15.7. The van der Waals surface area contributed by atoms with Crippen molar-refractivity contribution < 1.29 is 9.53 Å². The zero-order chi connectivity index (χ0) is 14.3. The van der Waals surface area contributed by atoms with Crippen molar-refractivity contribution in [3.05, 3.63) is 0 Å². The lowest BCUT2D eigenvalue weighted by atomic mass is 10.0. The van der Waals surface area contributed by atoms with E-state index in [4.69, 9.17) is 11.6 Å². The molecule has 0 aromatic rings. The molecule has 0 N–H and O–H groups in total. The van der Waals surface area contributed by atoms with Crippen LogP contribution in [0.25, 0.3) is 0 Å². The van der Waals surface area contributed by atoms with Crippen molar-refractivity contribution in [2.45, 2.75) is 89.4 Å². The molecular formula is C16H31ClO2. The summed E-state index contributed by atoms with van der Waals surface area (Å²) in [5.74, 6) is -0.0775. The van der Waals surface area contributed by atoms with Crippen LogP contribution >= 0.6 is 11.6 Å². The molecule has 3 heteroatoms. The number of halogens is 1. The first-order valence-electron chi connectivity index (χ1n) is 7.87. The van der Waals surface area contributed by atoms with Gasteiger partial charge >= 0.3 is 5.97 Å². The van der Waals surface area contributed by atoms with Gasteiger partial charge in [-0.25, -0.2) is 0 Å². The molecule has 19 heavy (non-hydrogen) atoms. The van der Waals surface area contributed by atoms with E-state index < -0.39 is 0 Å². The zero-order valence-corrected chi connectivity index (χ0v) is 13.5. The lowest BCUT2D eigenvalue weighted by Gasteiger charge is -2.04. The Morgan fingerprint density at radius 2 is 1.32 bits per heavy atom. The van der Waals surface area contributed by atoms with Crippen molar-refractivity contribution >= 4 is 17.6 Å². The molecule has 0 aromatic carbocycles. The molecule has 0 fully saturated rings. The number of carbonyl (C=O) groups excluding carboxylic acids is 1. The second kappa shape index (κ2) is 14.2. The summed E-state index contributed by atoms with van der Waals surface area (Å²) in [4.78, 5) is 10.9. The van der Waals surface area contributed by atoms with Crippen LogP contribution in [-0.2, 0) is 9.53 Å². The fourth-order valence-corrected chi connectivity index (χ4v) is 2.37. The molecule has 0 aromatic heterocycles. The van der Waals surface area contributed by atoms with E-state index in [1.165, 1.54) is 58.5 Å². The minimum atomic E-state index is -0.0775. The van der Waals surface area contributed by atoms with Gasteiger partial charge in [0.25, 0.3) is 0 Å². The van der Waals surface area contributed by atoms with E-state index in [1.807, 2.05) is 0 Å². The minimum absolute atomic E-state index is 0.0775. The van der Waals surface area contributed by atoms with Gasteiger partial charge in [-0.15, -0.1) is 11.6 Å². The van der Waals surface area contributed by atoms with Crippen LogP contribution < -0.4 is 0 Å². The molecule has 0 amide bonds. The average Bonchev–Trinajstić information content (AvgIpc) is 2.39. The van der Waals surface area contributed by atoms with Crippen LogP contribution in [0, 0.1) is 0 Å². The van der Waals surface area contributed by atoms with Crippen LogP contribution in [0.2, 0.25) is 0 Å². The fraction of sp³-hybridized carbons (Fsp3) is 0.938. The van der Waals surface area contributed by atoms with Crippen LogP contribution in [0.4, 0.5) is 0 Å². The lowest BCUT2D eigenvalue weighted by molar-refractivity contribution is -0.140. The molecule has 0 bridgehead atoms. The number of rotatable bonds is 13. The first kappa shape index (κ1) is 18.8. The van der Waals surface area contributed by atoms with Crippen LogP contribution in [0.5, 0.6) is 0 Å². The summed E-state index contributed by atoms with van der Waals surface area (Å²) in [5, 5.41) is 0.338. The summed E-state index contributed by atoms with van der Waals surface area (Å²) in [6.07, 6.45) is 14.4. The molecule has 0 aliphatic carbocycles. The number of unbranched alkanes of at least 4 members (excludes halogenated alkanes) is 9. The van der Waals surface area contributed by atoms with Gasteiger partial charge in [0.15, 0.2) is 0 Å². The largest absolute Gasteiger partial charge is 0.469 e. The average molecular weight is 291 g/mol. The van der Waals surface area contributed by atoms with Gasteiger partial charge in [0.05, 0.1) is 7.11 Å². The first-order chi connectivity index (χ1) is 9.16. The van der Waals surface area contributed by atoms with Crippen molar-refractivity contribution in [2.24, 2.45) is 0 Å². The van der Waals surface area contributed by atoms with Crippen LogP contribution in [0.1, 0.15) is 84.0 Å². The van der Waals surface area contributed by atoms with Gasteiger partial charge in [0.2, 0.25) is 0 Å². The van der Waals surface area contributed by atoms with E-state index in [0.29, 0.717) is 11.8 Å². The van der Waals surface area contributed by atoms with Gasteiger partial charge in [-0.1, -0.05) is 57.8 Å². The quantitative estimate of drug-likeness (QED) is 0.255. The summed E-state index contributed by atoms with van der Waals surface area (Å²) in [7, 11) is 1.45. The second-order valence-corrected chi connectivity index (χ2v) is 6.18. The maximum atomic E-state index is 10.9. The molecule has 0 spiro atoms. The number of methoxy groups -OCH3 is 1. The van der Waals surface area contributed by atoms with Crippen molar-refractivity contribution in [1.29, 1.82) is 0 Å². The first-order valence-corrected chi connectivity index (χ1v) is 8.31. The maximum Gasteiger partial charge on any atom is 0.305 e. The van der Waals surface area contributed by atoms with Crippen molar-refractivity contribution in [1.82, 2.24) is 0 Å². The number of hydrogen-bond donors (Lipinski definition) is 0. The van der Waals surface area contributed by atoms with Gasteiger partial charge in [0.1, 0.15) is 0 Å². The monoisotopic (exact) mass is 290 g/mol. The highest BCUT2D eigenvalue weighted by Gasteiger charge is 1.99. The molecule has 114 valence electrons. The van der Waals surface area contributed by atoms with Crippen molar-refractivity contribution in [3.8, 4) is 0 Å². The number of alkyl halides is 1. The predicted octanol–water partition coefficient (Wildman–Crippen LogP) is 5.47. The minimum Gasteiger partial charge on any atom is -0.469 e. The van der Waals surface area contributed by atoms with Gasteiger partial charge < -0.3 is 4.74 Å². The smallest absolute Gasteiger partial charge is 0.305 e. The van der Waals surface area contributed by atoms with Crippen molar-refractivity contribution in [2.75, 3.05) is 7.11 Å². The van der Waals surface area contributed by atoms with E-state index in [2.05, 4.69) is 11.7 Å². The molecule has 1 atom stereocenters. The number of ether oxygens (including phenoxy) is 1. The number of carbonyl (C=O) groups is 1. The lowest BCUT2D eigenvalue weighted by Crippen LogP contribution is -1.99. The molecule has 0 aliphatic heterocycles. The third-order valence-corrected chi connectivity index (χ3v) is 3.68. The Morgan fingerprint density at radius 1 is 0.895 bits per heavy atom. The van der Waals surface area contributed by atoms with Crippen LogP contribution in [0.15, 0.2) is 0 Å². The maximum absolute atomic E-state index is 10.9. The third-order valence-electron chi connectivity index (χ3n) is 3.46. The Kier molecular flexibility index (Phi) is 14.0. The summed E-state index contributed by atoms with van der Waals surface area (Å²) in [5.41, 5.74) is 0. The standard InChI is InChI=1S/C16H31ClO2/c1-15(17)13-11-9-7-5-3-4-6-8-10-12-14-16(18)19-2/h15H,3-14H2,1-2H3. The van der Waals surface area contributed by atoms with Gasteiger partial charge in [-0.2, -0.15) is 0 Å². The molecule has 2 nitrogen and oxygen atoms in total. The molecule has 1 unspecified atom stereocenters. The molecule has 0 aliphatic rings. The Balaban J connectivity index is 3.01. The molecule has 0 rings (SSSR count). The second-order valence-electron chi connectivity index (χ2n) is 5.43. The Bertz CT molecular complexity index is 205. The highest BCUT2D eigenvalue weighted by Crippen LogP contribution is 2.13. The summed E-state index contributed by atoms with van der Waals surface area (Å²) >= 11 is 5.90. The molecule has 0 saturated heterocycles. The van der Waals surface area contributed by atoms with E-state index >= 15 is 0 Å². The summed E-state index contributed by atoms with van der Waals surface area (Å²) < 4.78 is 4.61. The van der Waals surface area contributed by atoms with Crippen LogP contribution in [0.3, 0.4) is 0 Å². The van der Waals surface area contributed by atoms with E-state index in [9.17, 15) is 4.79 Å². The predicted molar refractivity (Wildman–Crippen MR) is 82.7 cm³/mol. The Hall–Kier alpha value is -0.240. The SMILES string of the molecule is COC(=O)CCCCCCCCCCCCC(C)Cl. The molecular weight excluding hydrogens is 260 g/mol. The molecule has 0 radical (unpaired) electrons. The van der Waals surface area contributed by atoms with Crippen LogP contribution in [-0.4, -0.2) is 18.5 Å². The van der Waals surface area contributed by atoms with E-state index in [0.717, 1.165) is 19.3 Å². The normalized spacial score (nSPS) is 12.4. The van der Waals surface area contributed by atoms with Gasteiger partial charge in [0, 0.05) is 11.8 Å². The number of esters is 1. The number of hydrogen-bond acceptors (Lipinski definition) is 2. The summed E-state index contributed by atoms with van der Waals surface area (Å²) in [6, 6.07) is 0. The fourth-order valence-electron chi connectivity index (χ4n) is 2.21. The molecule has 0 heterocycles. The highest BCUT2D eigenvalue weighted by molar-refractivity contribution is 6.20. The van der Waals surface area contributed by atoms with Gasteiger partial charge in [-0.3, -0.25) is 4.79 Å². The van der Waals surface area contributed by atoms with Crippen molar-refractivity contribution in [3.63, 3.8) is 0 Å². The highest BCUT2D eigenvalue weighted by atomic mass is 35.5. The Morgan fingerprint density at radius 3 is 1.74 bits per heavy atom. The Labute approximate surface area is 124 Å². The van der Waals surface area contributed by atoms with Gasteiger partial charge in [-0.05, 0) is 19.8 Å². The van der Waals surface area contributed by atoms with E-state index in [1.54, 1.807) is 0 Å². The summed E-state index contributed by atoms with van der Waals surface area (Å²) in [6.45, 7) is 2.07. The topological polar surface area (TPSA) is 26.3 Å². The van der Waals surface area contributed by atoms with E-state index in [-0.39, 0.29) is 5.97 Å². The zero-order valence-electron chi connectivity index (χ0n) is 12.8.